The number of nitrogens with zero attached hydrogens (tertiary/aromatic N) is 2. The number of benzene rings is 2. The Kier molecular flexibility index (Phi) is 6.26. The number of aromatic nitrogens is 1. The van der Waals surface area contributed by atoms with Gasteiger partial charge in [0.15, 0.2) is 23.2 Å². The van der Waals surface area contributed by atoms with Crippen LogP contribution in [-0.2, 0) is 9.53 Å². The third-order valence-electron chi connectivity index (χ3n) is 4.00. The topological polar surface area (TPSA) is 60.9 Å². The first-order valence-electron chi connectivity index (χ1n) is 8.54. The molecule has 3 rings (SSSR count). The summed E-state index contributed by atoms with van der Waals surface area (Å²) in [7, 11) is 3.18. The van der Waals surface area contributed by atoms with Crippen LogP contribution < -0.4 is 14.4 Å². The molecule has 7 heteroatoms. The molecule has 2 aromatic carbocycles. The van der Waals surface area contributed by atoms with Gasteiger partial charge in [-0.2, -0.15) is 0 Å². The molecule has 0 bridgehead atoms. The number of fused-ring (bicyclic) bond motifs is 1. The van der Waals surface area contributed by atoms with Gasteiger partial charge in [0.1, 0.15) is 0 Å². The number of hydrogen-bond acceptors (Lipinski definition) is 6. The zero-order valence-corrected chi connectivity index (χ0v) is 16.4. The van der Waals surface area contributed by atoms with Gasteiger partial charge in [0, 0.05) is 7.11 Å². The molecule has 0 radical (unpaired) electrons. The van der Waals surface area contributed by atoms with Crippen molar-refractivity contribution in [2.24, 2.45) is 0 Å². The predicted octanol–water partition coefficient (Wildman–Crippen LogP) is 3.67. The van der Waals surface area contributed by atoms with E-state index in [1.807, 2.05) is 43.3 Å². The van der Waals surface area contributed by atoms with Crippen LogP contribution in [0.5, 0.6) is 11.5 Å². The molecular formula is C20H22N2O4S. The van der Waals surface area contributed by atoms with Gasteiger partial charge >= 0.3 is 0 Å². The molecular weight excluding hydrogens is 364 g/mol. The largest absolute Gasteiger partial charge is 0.493 e. The fourth-order valence-corrected chi connectivity index (χ4v) is 3.61. The molecule has 0 aliphatic carbocycles. The SMILES string of the molecule is COCCN(C(=O)COc1ccc(C)cc1OC)c1nc2ccccc2s1. The number of methoxy groups -OCH3 is 2. The fourth-order valence-electron chi connectivity index (χ4n) is 2.60. The van der Waals surface area contributed by atoms with Crippen molar-refractivity contribution in [2.45, 2.75) is 6.92 Å². The minimum atomic E-state index is -0.186. The van der Waals surface area contributed by atoms with Gasteiger partial charge in [-0.3, -0.25) is 9.69 Å². The highest BCUT2D eigenvalue weighted by molar-refractivity contribution is 7.22. The Hall–Kier alpha value is -2.64. The lowest BCUT2D eigenvalue weighted by atomic mass is 10.2. The standard InChI is InChI=1S/C20H22N2O4S/c1-14-8-9-16(17(12-14)25-3)26-13-19(23)22(10-11-24-2)20-21-15-6-4-5-7-18(15)27-20/h4-9,12H,10-11,13H2,1-3H3. The zero-order chi connectivity index (χ0) is 19.2. The molecule has 0 saturated heterocycles. The van der Waals surface area contributed by atoms with Gasteiger partial charge in [-0.05, 0) is 36.8 Å². The first-order chi connectivity index (χ1) is 13.1. The molecule has 1 amide bonds. The van der Waals surface area contributed by atoms with Gasteiger partial charge in [-0.1, -0.05) is 29.5 Å². The maximum Gasteiger partial charge on any atom is 0.266 e. The molecule has 0 saturated carbocycles. The van der Waals surface area contributed by atoms with Crippen molar-refractivity contribution in [1.29, 1.82) is 0 Å². The number of hydrogen-bond donors (Lipinski definition) is 0. The second-order valence-electron chi connectivity index (χ2n) is 5.95. The number of para-hydroxylation sites is 1. The van der Waals surface area contributed by atoms with Crippen molar-refractivity contribution in [1.82, 2.24) is 4.98 Å². The van der Waals surface area contributed by atoms with E-state index in [9.17, 15) is 4.79 Å². The average Bonchev–Trinajstić information content (AvgIpc) is 3.11. The normalized spacial score (nSPS) is 10.8. The second kappa shape index (κ2) is 8.83. The highest BCUT2D eigenvalue weighted by Crippen LogP contribution is 2.30. The molecule has 3 aromatic rings. The van der Waals surface area contributed by atoms with E-state index >= 15 is 0 Å². The van der Waals surface area contributed by atoms with E-state index < -0.39 is 0 Å². The van der Waals surface area contributed by atoms with Crippen LogP contribution in [0, 0.1) is 6.92 Å². The molecule has 0 fully saturated rings. The molecule has 0 aliphatic heterocycles. The number of anilines is 1. The summed E-state index contributed by atoms with van der Waals surface area (Å²) in [6, 6.07) is 13.4. The van der Waals surface area contributed by atoms with E-state index in [4.69, 9.17) is 14.2 Å². The molecule has 1 aromatic heterocycles. The highest BCUT2D eigenvalue weighted by atomic mass is 32.1. The minimum absolute atomic E-state index is 0.112. The number of carbonyl (C=O) groups excluding carboxylic acids is 1. The van der Waals surface area contributed by atoms with Crippen molar-refractivity contribution in [2.75, 3.05) is 38.9 Å². The number of rotatable bonds is 8. The Balaban J connectivity index is 1.77. The quantitative estimate of drug-likeness (QED) is 0.591. The molecule has 27 heavy (non-hydrogen) atoms. The minimum Gasteiger partial charge on any atom is -0.493 e. The Bertz CT molecular complexity index is 892. The molecule has 6 nitrogen and oxygen atoms in total. The van der Waals surface area contributed by atoms with Crippen LogP contribution in [0.1, 0.15) is 5.56 Å². The first kappa shape index (κ1) is 19.1. The lowest BCUT2D eigenvalue weighted by molar-refractivity contribution is -0.120. The summed E-state index contributed by atoms with van der Waals surface area (Å²) in [5.41, 5.74) is 1.93. The summed E-state index contributed by atoms with van der Waals surface area (Å²) in [5, 5.41) is 0.637. The van der Waals surface area contributed by atoms with E-state index in [0.717, 1.165) is 15.8 Å². The average molecular weight is 386 g/mol. The maximum absolute atomic E-state index is 12.8. The molecule has 0 atom stereocenters. The van der Waals surface area contributed by atoms with Crippen LogP contribution in [0.15, 0.2) is 42.5 Å². The molecule has 0 spiro atoms. The van der Waals surface area contributed by atoms with Crippen LogP contribution in [0.3, 0.4) is 0 Å². The third-order valence-corrected chi connectivity index (χ3v) is 5.06. The van der Waals surface area contributed by atoms with E-state index in [-0.39, 0.29) is 12.5 Å². The number of thiazole rings is 1. The molecule has 0 N–H and O–H groups in total. The van der Waals surface area contributed by atoms with Gasteiger partial charge in [0.2, 0.25) is 0 Å². The van der Waals surface area contributed by atoms with Crippen molar-refractivity contribution >= 4 is 32.6 Å². The van der Waals surface area contributed by atoms with Crippen LogP contribution in [0.4, 0.5) is 5.13 Å². The summed E-state index contributed by atoms with van der Waals surface area (Å²) in [4.78, 5) is 19.0. The van der Waals surface area contributed by atoms with E-state index in [0.29, 0.717) is 29.8 Å². The van der Waals surface area contributed by atoms with Crippen molar-refractivity contribution < 1.29 is 19.0 Å². The van der Waals surface area contributed by atoms with E-state index in [1.54, 1.807) is 25.2 Å². The number of aryl methyl sites for hydroxylation is 1. The van der Waals surface area contributed by atoms with Gasteiger partial charge in [-0.25, -0.2) is 4.98 Å². The van der Waals surface area contributed by atoms with Gasteiger partial charge < -0.3 is 14.2 Å². The lowest BCUT2D eigenvalue weighted by Crippen LogP contribution is -2.37. The Morgan fingerprint density at radius 2 is 1.96 bits per heavy atom. The van der Waals surface area contributed by atoms with Crippen LogP contribution in [0.2, 0.25) is 0 Å². The molecule has 0 aliphatic rings. The second-order valence-corrected chi connectivity index (χ2v) is 6.95. The predicted molar refractivity (Wildman–Crippen MR) is 107 cm³/mol. The summed E-state index contributed by atoms with van der Waals surface area (Å²) >= 11 is 1.47. The Morgan fingerprint density at radius 1 is 1.15 bits per heavy atom. The Labute approximate surface area is 162 Å². The third kappa shape index (κ3) is 4.56. The summed E-state index contributed by atoms with van der Waals surface area (Å²) < 4.78 is 17.2. The van der Waals surface area contributed by atoms with Gasteiger partial charge in [-0.15, -0.1) is 0 Å². The van der Waals surface area contributed by atoms with Crippen LogP contribution in [0.25, 0.3) is 10.2 Å². The monoisotopic (exact) mass is 386 g/mol. The van der Waals surface area contributed by atoms with Crippen LogP contribution in [-0.4, -0.2) is 44.9 Å². The van der Waals surface area contributed by atoms with E-state index in [2.05, 4.69) is 4.98 Å². The maximum atomic E-state index is 12.8. The van der Waals surface area contributed by atoms with Gasteiger partial charge in [0.25, 0.3) is 5.91 Å². The number of ether oxygens (including phenoxy) is 3. The van der Waals surface area contributed by atoms with Crippen molar-refractivity contribution in [3.05, 3.63) is 48.0 Å². The Morgan fingerprint density at radius 3 is 2.70 bits per heavy atom. The molecule has 1 heterocycles. The summed E-state index contributed by atoms with van der Waals surface area (Å²) in [6.07, 6.45) is 0. The summed E-state index contributed by atoms with van der Waals surface area (Å²) in [5.74, 6) is 0.951. The first-order valence-corrected chi connectivity index (χ1v) is 9.36. The number of carbonyl (C=O) groups is 1. The van der Waals surface area contributed by atoms with Gasteiger partial charge in [0.05, 0.1) is 30.5 Å². The van der Waals surface area contributed by atoms with E-state index in [1.165, 1.54) is 11.3 Å². The number of amides is 1. The highest BCUT2D eigenvalue weighted by Gasteiger charge is 2.20. The molecule has 0 unspecified atom stereocenters. The zero-order valence-electron chi connectivity index (χ0n) is 15.6. The lowest BCUT2D eigenvalue weighted by Gasteiger charge is -2.20. The smallest absolute Gasteiger partial charge is 0.266 e. The van der Waals surface area contributed by atoms with Crippen molar-refractivity contribution in [3.8, 4) is 11.5 Å². The molecule has 142 valence electrons. The van der Waals surface area contributed by atoms with Crippen LogP contribution >= 0.6 is 11.3 Å². The van der Waals surface area contributed by atoms with Crippen molar-refractivity contribution in [3.63, 3.8) is 0 Å². The fraction of sp³-hybridized carbons (Fsp3) is 0.300. The summed E-state index contributed by atoms with van der Waals surface area (Å²) in [6.45, 7) is 2.68.